The normalized spacial score (nSPS) is 11.9. The summed E-state index contributed by atoms with van der Waals surface area (Å²) in [6.07, 6.45) is 3.01. The number of carbonyl (C=O) groups excluding carboxylic acids is 1. The fourth-order valence-electron chi connectivity index (χ4n) is 2.85. The minimum Gasteiger partial charge on any atom is -0.454 e. The average Bonchev–Trinajstić information content (AvgIpc) is 3.18. The van der Waals surface area contributed by atoms with Gasteiger partial charge in [0.05, 0.1) is 12.4 Å². The summed E-state index contributed by atoms with van der Waals surface area (Å²) in [5.41, 5.74) is 4.21. The van der Waals surface area contributed by atoms with Gasteiger partial charge in [-0.1, -0.05) is 18.2 Å². The number of nitrogens with one attached hydrogen (secondary N) is 2. The SMILES string of the molecule is Cc1cccc(NC(=O)c2cnc(NCc3ccc4c(c3)OCO4)cn2)c1C. The first-order valence-electron chi connectivity index (χ1n) is 8.92. The Morgan fingerprint density at radius 1 is 1.07 bits per heavy atom. The molecule has 3 aromatic rings. The third-order valence-electron chi connectivity index (χ3n) is 4.65. The molecule has 0 fully saturated rings. The summed E-state index contributed by atoms with van der Waals surface area (Å²) < 4.78 is 10.7. The molecule has 2 N–H and O–H groups in total. The number of benzene rings is 2. The first kappa shape index (κ1) is 17.8. The van der Waals surface area contributed by atoms with Gasteiger partial charge >= 0.3 is 0 Å². The number of carbonyl (C=O) groups is 1. The van der Waals surface area contributed by atoms with Crippen LogP contribution in [0.15, 0.2) is 48.8 Å². The Balaban J connectivity index is 1.38. The molecule has 7 heteroatoms. The molecule has 4 rings (SSSR count). The second kappa shape index (κ2) is 7.56. The van der Waals surface area contributed by atoms with Gasteiger partial charge in [-0.15, -0.1) is 0 Å². The number of nitrogens with zero attached hydrogens (tertiary/aromatic N) is 2. The summed E-state index contributed by atoms with van der Waals surface area (Å²) in [4.78, 5) is 20.9. The average molecular weight is 376 g/mol. The Labute approximate surface area is 162 Å². The van der Waals surface area contributed by atoms with Crippen molar-refractivity contribution >= 4 is 17.4 Å². The molecule has 0 spiro atoms. The van der Waals surface area contributed by atoms with Crippen LogP contribution in [0.4, 0.5) is 11.5 Å². The highest BCUT2D eigenvalue weighted by Gasteiger charge is 2.13. The number of anilines is 2. The van der Waals surface area contributed by atoms with Crippen molar-refractivity contribution < 1.29 is 14.3 Å². The summed E-state index contributed by atoms with van der Waals surface area (Å²) in [6.45, 7) is 4.79. The number of fused-ring (bicyclic) bond motifs is 1. The predicted molar refractivity (Wildman–Crippen MR) is 106 cm³/mol. The van der Waals surface area contributed by atoms with Gasteiger partial charge in [-0.2, -0.15) is 0 Å². The van der Waals surface area contributed by atoms with Crippen molar-refractivity contribution in [3.05, 3.63) is 71.2 Å². The standard InChI is InChI=1S/C21H20N4O3/c1-13-4-3-5-16(14(13)2)25-21(26)17-10-24-20(11-22-17)23-9-15-6-7-18-19(8-15)28-12-27-18/h3-8,10-11H,9,12H2,1-2H3,(H,23,24)(H,25,26). The monoisotopic (exact) mass is 376 g/mol. The second-order valence-corrected chi connectivity index (χ2v) is 6.53. The fraction of sp³-hybridized carbons (Fsp3) is 0.190. The number of amides is 1. The van der Waals surface area contributed by atoms with Crippen molar-refractivity contribution in [2.24, 2.45) is 0 Å². The molecule has 1 amide bonds. The van der Waals surface area contributed by atoms with Crippen LogP contribution >= 0.6 is 0 Å². The maximum absolute atomic E-state index is 12.4. The smallest absolute Gasteiger partial charge is 0.275 e. The van der Waals surface area contributed by atoms with E-state index in [4.69, 9.17) is 9.47 Å². The molecule has 0 radical (unpaired) electrons. The lowest BCUT2D eigenvalue weighted by Crippen LogP contribution is -2.15. The highest BCUT2D eigenvalue weighted by atomic mass is 16.7. The minimum atomic E-state index is -0.288. The Kier molecular flexibility index (Phi) is 4.80. The first-order valence-corrected chi connectivity index (χ1v) is 8.92. The lowest BCUT2D eigenvalue weighted by molar-refractivity contribution is 0.102. The zero-order valence-corrected chi connectivity index (χ0v) is 15.7. The van der Waals surface area contributed by atoms with E-state index in [1.807, 2.05) is 50.2 Å². The molecule has 0 unspecified atom stereocenters. The Morgan fingerprint density at radius 3 is 2.75 bits per heavy atom. The lowest BCUT2D eigenvalue weighted by atomic mass is 10.1. The van der Waals surface area contributed by atoms with Gasteiger partial charge in [0.15, 0.2) is 11.5 Å². The molecule has 1 aromatic heterocycles. The van der Waals surface area contributed by atoms with Crippen LogP contribution in [0.1, 0.15) is 27.2 Å². The van der Waals surface area contributed by atoms with E-state index in [1.165, 1.54) is 6.20 Å². The number of aromatic nitrogens is 2. The maximum Gasteiger partial charge on any atom is 0.275 e. The van der Waals surface area contributed by atoms with E-state index in [2.05, 4.69) is 20.6 Å². The molecule has 2 aromatic carbocycles. The molecule has 1 aliphatic rings. The quantitative estimate of drug-likeness (QED) is 0.706. The molecule has 0 saturated carbocycles. The van der Waals surface area contributed by atoms with Crippen molar-refractivity contribution in [3.8, 4) is 11.5 Å². The number of rotatable bonds is 5. The number of ether oxygens (including phenoxy) is 2. The third kappa shape index (κ3) is 3.73. The summed E-state index contributed by atoms with van der Waals surface area (Å²) in [5, 5.41) is 6.06. The summed E-state index contributed by atoms with van der Waals surface area (Å²) in [6, 6.07) is 11.5. The van der Waals surface area contributed by atoms with Gasteiger partial charge in [-0.05, 0) is 48.7 Å². The Morgan fingerprint density at radius 2 is 1.93 bits per heavy atom. The Hall–Kier alpha value is -3.61. The van der Waals surface area contributed by atoms with Crippen LogP contribution in [0.5, 0.6) is 11.5 Å². The molecule has 7 nitrogen and oxygen atoms in total. The fourth-order valence-corrected chi connectivity index (χ4v) is 2.85. The highest BCUT2D eigenvalue weighted by molar-refractivity contribution is 6.03. The van der Waals surface area contributed by atoms with Crippen molar-refractivity contribution in [1.82, 2.24) is 9.97 Å². The van der Waals surface area contributed by atoms with Gasteiger partial charge in [0.1, 0.15) is 11.5 Å². The summed E-state index contributed by atoms with van der Waals surface area (Å²) in [7, 11) is 0. The summed E-state index contributed by atoms with van der Waals surface area (Å²) >= 11 is 0. The van der Waals surface area contributed by atoms with Gasteiger partial charge < -0.3 is 20.1 Å². The molecule has 142 valence electrons. The lowest BCUT2D eigenvalue weighted by Gasteiger charge is -2.10. The number of hydrogen-bond acceptors (Lipinski definition) is 6. The molecule has 2 heterocycles. The predicted octanol–water partition coefficient (Wildman–Crippen LogP) is 3.69. The van der Waals surface area contributed by atoms with E-state index in [0.717, 1.165) is 33.9 Å². The van der Waals surface area contributed by atoms with Crippen molar-refractivity contribution in [3.63, 3.8) is 0 Å². The van der Waals surface area contributed by atoms with Crippen LogP contribution in [0.25, 0.3) is 0 Å². The molecule has 0 saturated heterocycles. The van der Waals surface area contributed by atoms with E-state index in [-0.39, 0.29) is 18.4 Å². The zero-order chi connectivity index (χ0) is 19.5. The second-order valence-electron chi connectivity index (χ2n) is 6.53. The Bertz CT molecular complexity index is 1020. The van der Waals surface area contributed by atoms with Crippen LogP contribution in [-0.2, 0) is 6.54 Å². The first-order chi connectivity index (χ1) is 13.6. The van der Waals surface area contributed by atoms with Gasteiger partial charge in [-0.25, -0.2) is 9.97 Å². The van der Waals surface area contributed by atoms with E-state index in [9.17, 15) is 4.79 Å². The molecule has 1 aliphatic heterocycles. The van der Waals surface area contributed by atoms with Crippen LogP contribution in [0.3, 0.4) is 0 Å². The van der Waals surface area contributed by atoms with Crippen molar-refractivity contribution in [1.29, 1.82) is 0 Å². The van der Waals surface area contributed by atoms with Crippen molar-refractivity contribution in [2.45, 2.75) is 20.4 Å². The molecule has 0 aliphatic carbocycles. The van der Waals surface area contributed by atoms with Crippen molar-refractivity contribution in [2.75, 3.05) is 17.4 Å². The molecule has 0 bridgehead atoms. The summed E-state index contributed by atoms with van der Waals surface area (Å²) in [5.74, 6) is 1.79. The van der Waals surface area contributed by atoms with E-state index >= 15 is 0 Å². The van der Waals surface area contributed by atoms with E-state index in [0.29, 0.717) is 12.4 Å². The zero-order valence-electron chi connectivity index (χ0n) is 15.7. The molecular formula is C21H20N4O3. The van der Waals surface area contributed by atoms with Crippen LogP contribution in [-0.4, -0.2) is 22.7 Å². The molecular weight excluding hydrogens is 356 g/mol. The van der Waals surface area contributed by atoms with E-state index in [1.54, 1.807) is 6.20 Å². The van der Waals surface area contributed by atoms with Crippen LogP contribution in [0, 0.1) is 13.8 Å². The maximum atomic E-state index is 12.4. The number of aryl methyl sites for hydroxylation is 1. The molecule has 0 atom stereocenters. The van der Waals surface area contributed by atoms with Gasteiger partial charge in [-0.3, -0.25) is 4.79 Å². The third-order valence-corrected chi connectivity index (χ3v) is 4.65. The number of hydrogen-bond donors (Lipinski definition) is 2. The highest BCUT2D eigenvalue weighted by Crippen LogP contribution is 2.32. The van der Waals surface area contributed by atoms with E-state index < -0.39 is 0 Å². The van der Waals surface area contributed by atoms with Crippen LogP contribution in [0.2, 0.25) is 0 Å². The topological polar surface area (TPSA) is 85.4 Å². The van der Waals surface area contributed by atoms with Gasteiger partial charge in [0.2, 0.25) is 6.79 Å². The van der Waals surface area contributed by atoms with Gasteiger partial charge in [0, 0.05) is 12.2 Å². The minimum absolute atomic E-state index is 0.253. The molecule has 28 heavy (non-hydrogen) atoms. The van der Waals surface area contributed by atoms with Gasteiger partial charge in [0.25, 0.3) is 5.91 Å². The van der Waals surface area contributed by atoms with Crippen LogP contribution < -0.4 is 20.1 Å². The largest absolute Gasteiger partial charge is 0.454 e.